The van der Waals surface area contributed by atoms with E-state index >= 15 is 0 Å². The highest BCUT2D eigenvalue weighted by atomic mass is 16.1. The Balaban J connectivity index is 1.77. The molecule has 2 aromatic carbocycles. The van der Waals surface area contributed by atoms with Gasteiger partial charge >= 0.3 is 0 Å². The first kappa shape index (κ1) is 16.7. The molecular formula is C21H21N3O. The Morgan fingerprint density at radius 1 is 0.920 bits per heavy atom. The van der Waals surface area contributed by atoms with Gasteiger partial charge < -0.3 is 10.6 Å². The summed E-state index contributed by atoms with van der Waals surface area (Å²) >= 11 is 0. The third-order valence-corrected chi connectivity index (χ3v) is 4.19. The van der Waals surface area contributed by atoms with Gasteiger partial charge in [0.05, 0.1) is 0 Å². The van der Waals surface area contributed by atoms with E-state index in [2.05, 4.69) is 15.6 Å². The third-order valence-electron chi connectivity index (χ3n) is 4.19. The minimum Gasteiger partial charge on any atom is -0.355 e. The van der Waals surface area contributed by atoms with Gasteiger partial charge in [0.1, 0.15) is 5.69 Å². The molecule has 0 aliphatic carbocycles. The van der Waals surface area contributed by atoms with Crippen LogP contribution in [0.15, 0.2) is 60.8 Å². The molecule has 3 aromatic rings. The van der Waals surface area contributed by atoms with Gasteiger partial charge in [0.2, 0.25) is 0 Å². The molecule has 1 heterocycles. The number of hydrogen-bond donors (Lipinski definition) is 2. The molecule has 1 amide bonds. The monoisotopic (exact) mass is 331 g/mol. The third kappa shape index (κ3) is 4.04. The molecule has 1 aromatic heterocycles. The van der Waals surface area contributed by atoms with E-state index in [9.17, 15) is 4.79 Å². The number of aryl methyl sites for hydroxylation is 2. The molecule has 0 saturated heterocycles. The molecule has 0 saturated carbocycles. The van der Waals surface area contributed by atoms with Crippen LogP contribution in [-0.4, -0.2) is 10.9 Å². The average Bonchev–Trinajstić information content (AvgIpc) is 2.61. The van der Waals surface area contributed by atoms with Gasteiger partial charge in [0, 0.05) is 23.3 Å². The van der Waals surface area contributed by atoms with Crippen LogP contribution in [0.25, 0.3) is 0 Å². The van der Waals surface area contributed by atoms with E-state index in [1.807, 2.05) is 69.3 Å². The van der Waals surface area contributed by atoms with Crippen molar-refractivity contribution in [1.82, 2.24) is 4.98 Å². The van der Waals surface area contributed by atoms with Gasteiger partial charge in [-0.1, -0.05) is 29.8 Å². The quantitative estimate of drug-likeness (QED) is 0.707. The number of carbonyl (C=O) groups is 1. The first-order chi connectivity index (χ1) is 12.0. The largest absolute Gasteiger partial charge is 0.355 e. The van der Waals surface area contributed by atoms with Crippen LogP contribution in [-0.2, 0) is 0 Å². The molecule has 4 heteroatoms. The summed E-state index contributed by atoms with van der Waals surface area (Å²) in [6.07, 6.45) is 1.63. The number of hydrogen-bond acceptors (Lipinski definition) is 3. The van der Waals surface area contributed by atoms with E-state index in [-0.39, 0.29) is 5.91 Å². The topological polar surface area (TPSA) is 54.0 Å². The second kappa shape index (κ2) is 7.18. The van der Waals surface area contributed by atoms with Gasteiger partial charge in [-0.15, -0.1) is 0 Å². The van der Waals surface area contributed by atoms with Crippen molar-refractivity contribution < 1.29 is 4.79 Å². The van der Waals surface area contributed by atoms with Crippen LogP contribution in [0.5, 0.6) is 0 Å². The number of rotatable bonds is 4. The van der Waals surface area contributed by atoms with E-state index in [0.717, 1.165) is 28.2 Å². The summed E-state index contributed by atoms with van der Waals surface area (Å²) in [4.78, 5) is 16.7. The minimum absolute atomic E-state index is 0.221. The van der Waals surface area contributed by atoms with E-state index in [4.69, 9.17) is 0 Å². The second-order valence-corrected chi connectivity index (χ2v) is 6.12. The van der Waals surface area contributed by atoms with Crippen molar-refractivity contribution in [2.24, 2.45) is 0 Å². The summed E-state index contributed by atoms with van der Waals surface area (Å²) in [7, 11) is 0. The van der Waals surface area contributed by atoms with Gasteiger partial charge in [-0.2, -0.15) is 0 Å². The zero-order chi connectivity index (χ0) is 17.8. The van der Waals surface area contributed by atoms with Crippen LogP contribution >= 0.6 is 0 Å². The molecule has 0 aliphatic heterocycles. The van der Waals surface area contributed by atoms with Crippen LogP contribution in [0.1, 0.15) is 27.2 Å². The Hall–Kier alpha value is -3.14. The maximum Gasteiger partial charge on any atom is 0.274 e. The molecule has 2 N–H and O–H groups in total. The lowest BCUT2D eigenvalue weighted by Gasteiger charge is -2.11. The van der Waals surface area contributed by atoms with Crippen LogP contribution in [0, 0.1) is 20.8 Å². The molecule has 0 unspecified atom stereocenters. The summed E-state index contributed by atoms with van der Waals surface area (Å²) in [6, 6.07) is 17.5. The summed E-state index contributed by atoms with van der Waals surface area (Å²) < 4.78 is 0. The van der Waals surface area contributed by atoms with Crippen molar-refractivity contribution in [2.45, 2.75) is 20.8 Å². The minimum atomic E-state index is -0.221. The molecule has 0 atom stereocenters. The van der Waals surface area contributed by atoms with Crippen LogP contribution < -0.4 is 10.6 Å². The molecule has 0 fully saturated rings. The molecular weight excluding hydrogens is 310 g/mol. The predicted octanol–water partition coefficient (Wildman–Crippen LogP) is 5.00. The predicted molar refractivity (Wildman–Crippen MR) is 103 cm³/mol. The molecule has 126 valence electrons. The van der Waals surface area contributed by atoms with Crippen molar-refractivity contribution in [3.05, 3.63) is 83.2 Å². The number of nitrogens with one attached hydrogen (secondary N) is 2. The van der Waals surface area contributed by atoms with Crippen LogP contribution in [0.3, 0.4) is 0 Å². The Bertz CT molecular complexity index is 901. The first-order valence-electron chi connectivity index (χ1n) is 8.20. The lowest BCUT2D eigenvalue weighted by atomic mass is 10.1. The highest BCUT2D eigenvalue weighted by molar-refractivity contribution is 6.03. The highest BCUT2D eigenvalue weighted by Gasteiger charge is 2.10. The fourth-order valence-electron chi connectivity index (χ4n) is 2.51. The summed E-state index contributed by atoms with van der Waals surface area (Å²) in [6.45, 7) is 6.06. The van der Waals surface area contributed by atoms with E-state index in [1.165, 1.54) is 5.56 Å². The van der Waals surface area contributed by atoms with Crippen molar-refractivity contribution in [1.29, 1.82) is 0 Å². The van der Waals surface area contributed by atoms with Gasteiger partial charge in [-0.05, 0) is 62.2 Å². The molecule has 3 rings (SSSR count). The summed E-state index contributed by atoms with van der Waals surface area (Å²) in [5.74, 6) is -0.221. The average molecular weight is 331 g/mol. The summed E-state index contributed by atoms with van der Waals surface area (Å²) in [5, 5.41) is 6.23. The van der Waals surface area contributed by atoms with Crippen molar-refractivity contribution >= 4 is 23.0 Å². The number of benzene rings is 2. The Kier molecular flexibility index (Phi) is 4.80. The molecule has 0 radical (unpaired) electrons. The summed E-state index contributed by atoms with van der Waals surface area (Å²) in [5.41, 5.74) is 6.38. The first-order valence-corrected chi connectivity index (χ1v) is 8.20. The standard InChI is InChI=1S/C21H21N3O/c1-14-7-9-17(10-8-14)23-18-11-12-22-20(13-18)21(25)24-19-6-4-5-15(2)16(19)3/h4-13H,1-3H3,(H,22,23)(H,24,25). The van der Waals surface area contributed by atoms with E-state index < -0.39 is 0 Å². The number of nitrogens with zero attached hydrogens (tertiary/aromatic N) is 1. The van der Waals surface area contributed by atoms with Crippen LogP contribution in [0.2, 0.25) is 0 Å². The molecule has 0 spiro atoms. The van der Waals surface area contributed by atoms with Crippen LogP contribution in [0.4, 0.5) is 17.1 Å². The number of aromatic nitrogens is 1. The van der Waals surface area contributed by atoms with Gasteiger partial charge in [0.15, 0.2) is 0 Å². The normalized spacial score (nSPS) is 10.4. The van der Waals surface area contributed by atoms with Crippen molar-refractivity contribution in [3.63, 3.8) is 0 Å². The lowest BCUT2D eigenvalue weighted by molar-refractivity contribution is 0.102. The van der Waals surface area contributed by atoms with E-state index in [0.29, 0.717) is 5.69 Å². The Morgan fingerprint density at radius 2 is 1.68 bits per heavy atom. The fourth-order valence-corrected chi connectivity index (χ4v) is 2.51. The van der Waals surface area contributed by atoms with Gasteiger partial charge in [0.25, 0.3) is 5.91 Å². The smallest absolute Gasteiger partial charge is 0.274 e. The highest BCUT2D eigenvalue weighted by Crippen LogP contribution is 2.20. The zero-order valence-corrected chi connectivity index (χ0v) is 14.6. The zero-order valence-electron chi connectivity index (χ0n) is 14.6. The maximum atomic E-state index is 12.5. The number of amides is 1. The van der Waals surface area contributed by atoms with Crippen molar-refractivity contribution in [2.75, 3.05) is 10.6 Å². The number of pyridine rings is 1. The van der Waals surface area contributed by atoms with E-state index in [1.54, 1.807) is 12.3 Å². The maximum absolute atomic E-state index is 12.5. The second-order valence-electron chi connectivity index (χ2n) is 6.12. The molecule has 4 nitrogen and oxygen atoms in total. The molecule has 25 heavy (non-hydrogen) atoms. The molecule has 0 bridgehead atoms. The number of anilines is 3. The van der Waals surface area contributed by atoms with Gasteiger partial charge in [-0.3, -0.25) is 9.78 Å². The fraction of sp³-hybridized carbons (Fsp3) is 0.143. The Labute approximate surface area is 147 Å². The number of carbonyl (C=O) groups excluding carboxylic acids is 1. The molecule has 0 aliphatic rings. The SMILES string of the molecule is Cc1ccc(Nc2ccnc(C(=O)Nc3cccc(C)c3C)c2)cc1. The van der Waals surface area contributed by atoms with Gasteiger partial charge in [-0.25, -0.2) is 0 Å². The Morgan fingerprint density at radius 3 is 2.44 bits per heavy atom. The lowest BCUT2D eigenvalue weighted by Crippen LogP contribution is -2.14. The van der Waals surface area contributed by atoms with Crippen molar-refractivity contribution in [3.8, 4) is 0 Å².